The predicted octanol–water partition coefficient (Wildman–Crippen LogP) is 1.54. The minimum atomic E-state index is -2.48. The molecule has 0 aromatic carbocycles. The molecule has 0 fully saturated rings. The van der Waals surface area contributed by atoms with E-state index in [9.17, 15) is 0 Å². The molecule has 12 heavy (non-hydrogen) atoms. The van der Waals surface area contributed by atoms with E-state index in [1.165, 1.54) is 0 Å². The maximum Gasteiger partial charge on any atom is 0.528 e. The van der Waals surface area contributed by atoms with E-state index < -0.39 is 8.80 Å². The fourth-order valence-electron chi connectivity index (χ4n) is 0.763. The van der Waals surface area contributed by atoms with Crippen LogP contribution in [0.5, 0.6) is 0 Å². The summed E-state index contributed by atoms with van der Waals surface area (Å²) in [5, 5.41) is 0. The Kier molecular flexibility index (Phi) is 5.92. The third kappa shape index (κ3) is 3.32. The van der Waals surface area contributed by atoms with Crippen molar-refractivity contribution >= 4 is 8.80 Å². The van der Waals surface area contributed by atoms with Gasteiger partial charge in [-0.2, -0.15) is 0 Å². The molecule has 0 bridgehead atoms. The second-order valence-corrected chi connectivity index (χ2v) is 4.91. The molecule has 0 spiro atoms. The van der Waals surface area contributed by atoms with E-state index in [4.69, 9.17) is 13.3 Å². The Morgan fingerprint density at radius 3 is 2.00 bits per heavy atom. The van der Waals surface area contributed by atoms with Crippen LogP contribution in [0.2, 0.25) is 0 Å². The molecule has 0 aromatic heterocycles. The van der Waals surface area contributed by atoms with Gasteiger partial charge < -0.3 is 13.3 Å². The SMILES string of the molecule is C=CCC=C[Si](OC)(OC)OC. The van der Waals surface area contributed by atoms with Crippen LogP contribution in [-0.4, -0.2) is 30.1 Å². The molecule has 70 valence electrons. The highest BCUT2D eigenvalue weighted by atomic mass is 28.4. The molecule has 0 saturated heterocycles. The van der Waals surface area contributed by atoms with Crippen molar-refractivity contribution in [2.75, 3.05) is 21.3 Å². The molecule has 4 heteroatoms. The fourth-order valence-corrected chi connectivity index (χ4v) is 2.10. The standard InChI is InChI=1S/C8H16O3Si/c1-5-6-7-8-12(9-2,10-3)11-4/h5,7-8H,1,6H2,2-4H3. The molecule has 0 N–H and O–H groups in total. The molecular weight excluding hydrogens is 172 g/mol. The van der Waals surface area contributed by atoms with Gasteiger partial charge in [-0.3, -0.25) is 0 Å². The van der Waals surface area contributed by atoms with Crippen LogP contribution in [0.1, 0.15) is 6.42 Å². The maximum atomic E-state index is 5.16. The summed E-state index contributed by atoms with van der Waals surface area (Å²) in [6, 6.07) is 0. The Labute approximate surface area is 75.0 Å². The summed E-state index contributed by atoms with van der Waals surface area (Å²) in [7, 11) is 2.26. The van der Waals surface area contributed by atoms with Gasteiger partial charge in [0, 0.05) is 21.3 Å². The van der Waals surface area contributed by atoms with Gasteiger partial charge >= 0.3 is 8.80 Å². The van der Waals surface area contributed by atoms with Gasteiger partial charge in [-0.1, -0.05) is 12.2 Å². The topological polar surface area (TPSA) is 27.7 Å². The Balaban J connectivity index is 4.18. The van der Waals surface area contributed by atoms with Crippen LogP contribution in [0.25, 0.3) is 0 Å². The zero-order valence-corrected chi connectivity index (χ0v) is 8.87. The van der Waals surface area contributed by atoms with Crippen molar-refractivity contribution in [2.24, 2.45) is 0 Å². The van der Waals surface area contributed by atoms with Gasteiger partial charge in [0.25, 0.3) is 0 Å². The van der Waals surface area contributed by atoms with Gasteiger partial charge in [0.1, 0.15) is 0 Å². The van der Waals surface area contributed by atoms with Gasteiger partial charge in [-0.25, -0.2) is 0 Å². The molecule has 0 radical (unpaired) electrons. The number of allylic oxidation sites excluding steroid dienone is 2. The number of hydrogen-bond donors (Lipinski definition) is 0. The van der Waals surface area contributed by atoms with Gasteiger partial charge in [-0.05, 0) is 12.1 Å². The smallest absolute Gasteiger partial charge is 0.374 e. The second kappa shape index (κ2) is 6.13. The van der Waals surface area contributed by atoms with Gasteiger partial charge in [0.2, 0.25) is 0 Å². The molecule has 0 aliphatic carbocycles. The lowest BCUT2D eigenvalue weighted by Gasteiger charge is -2.20. The third-order valence-corrected chi connectivity index (χ3v) is 3.83. The predicted molar refractivity (Wildman–Crippen MR) is 50.7 cm³/mol. The van der Waals surface area contributed by atoms with E-state index in [0.717, 1.165) is 6.42 Å². The Morgan fingerprint density at radius 1 is 1.17 bits per heavy atom. The van der Waals surface area contributed by atoms with Crippen LogP contribution in [-0.2, 0) is 13.3 Å². The van der Waals surface area contributed by atoms with Gasteiger partial charge in [0.05, 0.1) is 0 Å². The molecule has 0 rings (SSSR count). The highest BCUT2D eigenvalue weighted by molar-refractivity contribution is 6.66. The fraction of sp³-hybridized carbons (Fsp3) is 0.500. The van der Waals surface area contributed by atoms with Gasteiger partial charge in [-0.15, -0.1) is 6.58 Å². The maximum absolute atomic E-state index is 5.16. The van der Waals surface area contributed by atoms with Crippen LogP contribution in [0.4, 0.5) is 0 Å². The van der Waals surface area contributed by atoms with Crippen LogP contribution in [0.15, 0.2) is 24.4 Å². The summed E-state index contributed by atoms with van der Waals surface area (Å²) in [6.45, 7) is 3.60. The summed E-state index contributed by atoms with van der Waals surface area (Å²) in [6.07, 6.45) is 4.52. The van der Waals surface area contributed by atoms with Crippen molar-refractivity contribution in [3.8, 4) is 0 Å². The van der Waals surface area contributed by atoms with E-state index in [1.54, 1.807) is 27.4 Å². The summed E-state index contributed by atoms with van der Waals surface area (Å²) in [5.74, 6) is 0. The lowest BCUT2D eigenvalue weighted by molar-refractivity contribution is 0.138. The molecule has 0 heterocycles. The lowest BCUT2D eigenvalue weighted by atomic mass is 10.4. The van der Waals surface area contributed by atoms with Crippen LogP contribution < -0.4 is 0 Å². The molecular formula is C8H16O3Si. The van der Waals surface area contributed by atoms with Crippen LogP contribution in [0, 0.1) is 0 Å². The minimum absolute atomic E-state index is 0.796. The summed E-state index contributed by atoms with van der Waals surface area (Å²) in [5.41, 5.74) is 1.84. The van der Waals surface area contributed by atoms with Crippen molar-refractivity contribution in [3.05, 3.63) is 24.4 Å². The first-order valence-electron chi connectivity index (χ1n) is 3.68. The highest BCUT2D eigenvalue weighted by Gasteiger charge is 2.33. The lowest BCUT2D eigenvalue weighted by Crippen LogP contribution is -2.40. The highest BCUT2D eigenvalue weighted by Crippen LogP contribution is 2.07. The minimum Gasteiger partial charge on any atom is -0.374 e. The van der Waals surface area contributed by atoms with Crippen molar-refractivity contribution in [1.82, 2.24) is 0 Å². The van der Waals surface area contributed by atoms with E-state index in [-0.39, 0.29) is 0 Å². The first kappa shape index (κ1) is 11.6. The normalized spacial score (nSPS) is 12.2. The molecule has 0 aliphatic rings. The molecule has 0 atom stereocenters. The molecule has 0 unspecified atom stereocenters. The summed E-state index contributed by atoms with van der Waals surface area (Å²) in [4.78, 5) is 0. The van der Waals surface area contributed by atoms with Crippen molar-refractivity contribution < 1.29 is 13.3 Å². The third-order valence-electron chi connectivity index (χ3n) is 1.48. The number of rotatable bonds is 6. The molecule has 0 aromatic rings. The Hall–Kier alpha value is -0.423. The average Bonchev–Trinajstić information content (AvgIpc) is 2.14. The quantitative estimate of drug-likeness (QED) is 0.467. The van der Waals surface area contributed by atoms with Crippen molar-refractivity contribution in [3.63, 3.8) is 0 Å². The molecule has 0 amide bonds. The Morgan fingerprint density at radius 2 is 1.67 bits per heavy atom. The van der Waals surface area contributed by atoms with E-state index in [1.807, 2.05) is 11.8 Å². The first-order valence-corrected chi connectivity index (χ1v) is 5.49. The van der Waals surface area contributed by atoms with Crippen LogP contribution in [0.3, 0.4) is 0 Å². The van der Waals surface area contributed by atoms with E-state index >= 15 is 0 Å². The van der Waals surface area contributed by atoms with Gasteiger partial charge in [0.15, 0.2) is 0 Å². The van der Waals surface area contributed by atoms with Crippen LogP contribution >= 0.6 is 0 Å². The number of hydrogen-bond acceptors (Lipinski definition) is 3. The van der Waals surface area contributed by atoms with E-state index in [2.05, 4.69) is 6.58 Å². The molecule has 0 saturated carbocycles. The van der Waals surface area contributed by atoms with Crippen molar-refractivity contribution in [1.29, 1.82) is 0 Å². The summed E-state index contributed by atoms with van der Waals surface area (Å²) >= 11 is 0. The Bertz CT molecular complexity index is 144. The zero-order chi connectivity index (χ0) is 9.45. The first-order chi connectivity index (χ1) is 5.74. The molecule has 3 nitrogen and oxygen atoms in total. The molecule has 0 aliphatic heterocycles. The average molecular weight is 188 g/mol. The van der Waals surface area contributed by atoms with E-state index in [0.29, 0.717) is 0 Å². The van der Waals surface area contributed by atoms with Crippen molar-refractivity contribution in [2.45, 2.75) is 6.42 Å². The largest absolute Gasteiger partial charge is 0.528 e. The summed E-state index contributed by atoms with van der Waals surface area (Å²) < 4.78 is 15.5. The second-order valence-electron chi connectivity index (χ2n) is 2.14. The monoisotopic (exact) mass is 188 g/mol. The zero-order valence-electron chi connectivity index (χ0n) is 7.87.